The molecular formula is C2H9AlClNO3. The molecule has 4 nitrogen and oxygen atoms in total. The van der Waals surface area contributed by atoms with Gasteiger partial charge in [-0.05, 0) is 0 Å². The summed E-state index contributed by atoms with van der Waals surface area (Å²) in [6.45, 7) is -0.278. The summed E-state index contributed by atoms with van der Waals surface area (Å²) in [5.74, 6) is -0.968. The Hall–Kier alpha value is 0.212. The molecule has 8 heavy (non-hydrogen) atoms. The van der Waals surface area contributed by atoms with Gasteiger partial charge in [-0.1, -0.05) is 0 Å². The highest BCUT2D eigenvalue weighted by Gasteiger charge is 1.81. The fourth-order valence-corrected chi connectivity index (χ4v) is 0. The van der Waals surface area contributed by atoms with Crippen LogP contribution in [0.15, 0.2) is 0 Å². The summed E-state index contributed by atoms with van der Waals surface area (Å²) in [6, 6.07) is 0. The van der Waals surface area contributed by atoms with Crippen LogP contribution in [0.4, 0.5) is 0 Å². The molecular weight excluding hydrogens is 148 g/mol. The Kier molecular flexibility index (Phi) is 30.8. The van der Waals surface area contributed by atoms with E-state index in [1.54, 1.807) is 0 Å². The Labute approximate surface area is 59.6 Å². The standard InChI is InChI=1S/C2H5NO2.Al.ClH.H2O.2H/c3-1-2(4)5;;;;;/h1,3H2,(H,4,5);;1H;1H2;;/q;+1;;;;/p-1. The second kappa shape index (κ2) is 15.7. The van der Waals surface area contributed by atoms with Gasteiger partial charge in [-0.2, -0.15) is 0 Å². The summed E-state index contributed by atoms with van der Waals surface area (Å²) in [5.41, 5.74) is 4.57. The molecule has 0 radical (unpaired) electrons. The topological polar surface area (TPSA) is 94.8 Å². The normalized spacial score (nSPS) is 5.25. The first-order valence-electron chi connectivity index (χ1n) is 1.57. The number of carboxylic acids is 1. The van der Waals surface area contributed by atoms with Gasteiger partial charge in [-0.3, -0.25) is 14.8 Å². The van der Waals surface area contributed by atoms with Crippen LogP contribution in [0.5, 0.6) is 0 Å². The van der Waals surface area contributed by atoms with E-state index in [2.05, 4.69) is 5.73 Å². The molecule has 0 aliphatic heterocycles. The molecule has 0 amide bonds. The van der Waals surface area contributed by atoms with Crippen molar-refractivity contribution >= 4 is 31.4 Å². The van der Waals surface area contributed by atoms with E-state index in [1.165, 1.54) is 0 Å². The SMILES string of the molecule is NCC(=O)O.O.[AlH2][Cl]. The zero-order chi connectivity index (χ0) is 6.28. The lowest BCUT2D eigenvalue weighted by molar-refractivity contribution is -0.135. The van der Waals surface area contributed by atoms with Crippen molar-refractivity contribution in [2.75, 3.05) is 6.54 Å². The Morgan fingerprint density at radius 1 is 1.75 bits per heavy atom. The number of halogens is 1. The molecule has 0 unspecified atom stereocenters. The first-order valence-corrected chi connectivity index (χ1v) is 4.59. The highest BCUT2D eigenvalue weighted by atomic mass is 35.6. The molecule has 0 aromatic heterocycles. The van der Waals surface area contributed by atoms with E-state index in [1.807, 2.05) is 0 Å². The van der Waals surface area contributed by atoms with Crippen LogP contribution in [0.1, 0.15) is 0 Å². The molecule has 0 saturated carbocycles. The maximum atomic E-state index is 9.24. The molecule has 50 valence electrons. The average molecular weight is 158 g/mol. The van der Waals surface area contributed by atoms with E-state index >= 15 is 0 Å². The molecule has 0 aromatic carbocycles. The van der Waals surface area contributed by atoms with E-state index < -0.39 is 5.97 Å². The summed E-state index contributed by atoms with van der Waals surface area (Å²) >= 11 is 0.778. The summed E-state index contributed by atoms with van der Waals surface area (Å²) < 4.78 is 0. The lowest BCUT2D eigenvalue weighted by Crippen LogP contribution is -2.10. The first kappa shape index (κ1) is 15.7. The maximum Gasteiger partial charge on any atom is 0.353 e. The molecule has 0 spiro atoms. The second-order valence-electron chi connectivity index (χ2n) is 0.598. The third kappa shape index (κ3) is 34.5. The van der Waals surface area contributed by atoms with Gasteiger partial charge < -0.3 is 16.3 Å². The minimum Gasteiger partial charge on any atom is -0.480 e. The van der Waals surface area contributed by atoms with Gasteiger partial charge in [0.25, 0.3) is 0 Å². The summed E-state index contributed by atoms with van der Waals surface area (Å²) in [5, 5.41) is 7.60. The van der Waals surface area contributed by atoms with Crippen molar-refractivity contribution in [1.82, 2.24) is 0 Å². The van der Waals surface area contributed by atoms with Gasteiger partial charge >= 0.3 is 21.3 Å². The van der Waals surface area contributed by atoms with E-state index in [-0.39, 0.29) is 12.0 Å². The van der Waals surface area contributed by atoms with E-state index in [4.69, 9.17) is 15.2 Å². The predicted molar refractivity (Wildman–Crippen MR) is 34.7 cm³/mol. The maximum absolute atomic E-state index is 9.24. The van der Waals surface area contributed by atoms with Crippen LogP contribution < -0.4 is 5.73 Å². The Morgan fingerprint density at radius 2 is 1.88 bits per heavy atom. The van der Waals surface area contributed by atoms with Crippen LogP contribution in [0, 0.1) is 0 Å². The van der Waals surface area contributed by atoms with Gasteiger partial charge in [0.2, 0.25) is 0 Å². The fourth-order valence-electron chi connectivity index (χ4n) is 0. The van der Waals surface area contributed by atoms with Crippen LogP contribution in [0.3, 0.4) is 0 Å². The Balaban J connectivity index is -0.0000000750. The fraction of sp³-hybridized carbons (Fsp3) is 0.500. The van der Waals surface area contributed by atoms with Gasteiger partial charge in [-0.25, -0.2) is 0 Å². The van der Waals surface area contributed by atoms with Gasteiger partial charge in [0.15, 0.2) is 0 Å². The minimum absolute atomic E-state index is 0. The molecule has 0 saturated heterocycles. The van der Waals surface area contributed by atoms with E-state index in [0.717, 1.165) is 15.4 Å². The van der Waals surface area contributed by atoms with Crippen LogP contribution in [0.2, 0.25) is 0 Å². The molecule has 0 fully saturated rings. The number of hydrogen-bond acceptors (Lipinski definition) is 2. The van der Waals surface area contributed by atoms with Gasteiger partial charge in [0, 0.05) is 0 Å². The number of carbonyl (C=O) groups is 1. The summed E-state index contributed by atoms with van der Waals surface area (Å²) in [7, 11) is 4.78. The molecule has 0 aliphatic carbocycles. The molecule has 6 heteroatoms. The largest absolute Gasteiger partial charge is 0.480 e. The zero-order valence-electron chi connectivity index (χ0n) is 4.52. The van der Waals surface area contributed by atoms with Crippen molar-refractivity contribution in [3.05, 3.63) is 0 Å². The number of carboxylic acid groups (broad SMARTS) is 1. The lowest BCUT2D eigenvalue weighted by Gasteiger charge is -1.73. The van der Waals surface area contributed by atoms with Crippen molar-refractivity contribution < 1.29 is 15.4 Å². The molecule has 0 atom stereocenters. The van der Waals surface area contributed by atoms with Gasteiger partial charge in [0.05, 0.1) is 6.54 Å². The third-order valence-electron chi connectivity index (χ3n) is 0.175. The van der Waals surface area contributed by atoms with Gasteiger partial charge in [0.1, 0.15) is 0 Å². The quantitative estimate of drug-likeness (QED) is 0.430. The molecule has 0 aromatic rings. The van der Waals surface area contributed by atoms with E-state index in [0.29, 0.717) is 0 Å². The molecule has 0 bridgehead atoms. The lowest BCUT2D eigenvalue weighted by atomic mass is 10.7. The monoisotopic (exact) mass is 157 g/mol. The van der Waals surface area contributed by atoms with Crippen molar-refractivity contribution in [2.24, 2.45) is 5.73 Å². The van der Waals surface area contributed by atoms with Crippen molar-refractivity contribution in [2.45, 2.75) is 0 Å². The van der Waals surface area contributed by atoms with E-state index in [9.17, 15) is 4.79 Å². The van der Waals surface area contributed by atoms with Crippen molar-refractivity contribution in [1.29, 1.82) is 0 Å². The number of hydrogen-bond donors (Lipinski definition) is 2. The zero-order valence-corrected chi connectivity index (χ0v) is 7.27. The minimum atomic E-state index is -0.968. The average Bonchev–Trinajstić information content (AvgIpc) is 1.73. The first-order chi connectivity index (χ1) is 3.27. The highest BCUT2D eigenvalue weighted by molar-refractivity contribution is 6.80. The van der Waals surface area contributed by atoms with Crippen LogP contribution in [-0.2, 0) is 4.79 Å². The Morgan fingerprint density at radius 3 is 1.88 bits per heavy atom. The molecule has 5 N–H and O–H groups in total. The van der Waals surface area contributed by atoms with Gasteiger partial charge in [-0.15, -0.1) is 0 Å². The summed E-state index contributed by atoms with van der Waals surface area (Å²) in [6.07, 6.45) is 0. The second-order valence-corrected chi connectivity index (χ2v) is 0.598. The third-order valence-corrected chi connectivity index (χ3v) is 0.175. The number of rotatable bonds is 1. The van der Waals surface area contributed by atoms with Crippen molar-refractivity contribution in [3.8, 4) is 0 Å². The molecule has 0 aliphatic rings. The predicted octanol–water partition coefficient (Wildman–Crippen LogP) is -2.02. The molecule has 0 heterocycles. The highest BCUT2D eigenvalue weighted by Crippen LogP contribution is 1.43. The van der Waals surface area contributed by atoms with Crippen LogP contribution in [-0.4, -0.2) is 38.5 Å². The molecule has 0 rings (SSSR count). The van der Waals surface area contributed by atoms with Crippen LogP contribution >= 0.6 is 10.0 Å². The van der Waals surface area contributed by atoms with Crippen molar-refractivity contribution in [3.63, 3.8) is 0 Å². The van der Waals surface area contributed by atoms with Crippen LogP contribution in [0.25, 0.3) is 0 Å². The smallest absolute Gasteiger partial charge is 0.353 e. The Bertz CT molecular complexity index is 52.5. The summed E-state index contributed by atoms with van der Waals surface area (Å²) in [4.78, 5) is 9.24. The number of nitrogens with two attached hydrogens (primary N) is 1. The number of aliphatic carboxylic acids is 1.